The highest BCUT2D eigenvalue weighted by Gasteiger charge is 2.18. The standard InChI is InChI=1S/C17H15Cl2NO3/c1-10-2-4-12(5-3-10)15(22)17(23)20-13-8-6-11(7-9-13)14(21)16(18)19/h2-9,16-17,20,23H,1H3. The zero-order valence-corrected chi connectivity index (χ0v) is 13.8. The zero-order chi connectivity index (χ0) is 17.0. The van der Waals surface area contributed by atoms with Gasteiger partial charge in [-0.1, -0.05) is 53.0 Å². The fourth-order valence-electron chi connectivity index (χ4n) is 1.96. The third kappa shape index (κ3) is 4.55. The molecule has 0 aromatic heterocycles. The van der Waals surface area contributed by atoms with Gasteiger partial charge in [0.2, 0.25) is 5.78 Å². The summed E-state index contributed by atoms with van der Waals surface area (Å²) in [5, 5.41) is 12.7. The number of aryl methyl sites for hydroxylation is 1. The molecular formula is C17H15Cl2NO3. The van der Waals surface area contributed by atoms with Crippen LogP contribution in [0.1, 0.15) is 26.3 Å². The van der Waals surface area contributed by atoms with E-state index in [2.05, 4.69) is 5.32 Å². The van der Waals surface area contributed by atoms with Crippen LogP contribution in [0.4, 0.5) is 5.69 Å². The van der Waals surface area contributed by atoms with Crippen molar-refractivity contribution in [2.75, 3.05) is 5.32 Å². The predicted octanol–water partition coefficient (Wildman–Crippen LogP) is 3.59. The first-order valence-corrected chi connectivity index (χ1v) is 7.73. The molecular weight excluding hydrogens is 337 g/mol. The largest absolute Gasteiger partial charge is 0.367 e. The number of carbonyl (C=O) groups excluding carboxylic acids is 2. The van der Waals surface area contributed by atoms with Crippen molar-refractivity contribution in [3.63, 3.8) is 0 Å². The molecule has 0 aliphatic carbocycles. The van der Waals surface area contributed by atoms with E-state index in [0.717, 1.165) is 5.56 Å². The molecule has 1 atom stereocenters. The molecule has 23 heavy (non-hydrogen) atoms. The molecule has 2 rings (SSSR count). The lowest BCUT2D eigenvalue weighted by molar-refractivity contribution is 0.0793. The second kappa shape index (κ2) is 7.59. The van der Waals surface area contributed by atoms with Gasteiger partial charge in [0.1, 0.15) is 0 Å². The average Bonchev–Trinajstić information content (AvgIpc) is 2.54. The topological polar surface area (TPSA) is 66.4 Å². The molecule has 2 aromatic rings. The smallest absolute Gasteiger partial charge is 0.211 e. The molecule has 1 unspecified atom stereocenters. The maximum Gasteiger partial charge on any atom is 0.211 e. The van der Waals surface area contributed by atoms with E-state index in [1.54, 1.807) is 36.4 Å². The average molecular weight is 352 g/mol. The normalized spacial score (nSPS) is 12.0. The van der Waals surface area contributed by atoms with Gasteiger partial charge in [-0.15, -0.1) is 0 Å². The Morgan fingerprint density at radius 1 is 0.913 bits per heavy atom. The quantitative estimate of drug-likeness (QED) is 0.474. The lowest BCUT2D eigenvalue weighted by Gasteiger charge is -2.13. The van der Waals surface area contributed by atoms with Crippen molar-refractivity contribution >= 4 is 40.5 Å². The van der Waals surface area contributed by atoms with E-state index in [-0.39, 0.29) is 0 Å². The molecule has 120 valence electrons. The van der Waals surface area contributed by atoms with Crippen LogP contribution in [0.2, 0.25) is 0 Å². The van der Waals surface area contributed by atoms with Crippen molar-refractivity contribution in [1.29, 1.82) is 0 Å². The summed E-state index contributed by atoms with van der Waals surface area (Å²) in [7, 11) is 0. The van der Waals surface area contributed by atoms with Gasteiger partial charge in [0, 0.05) is 16.8 Å². The predicted molar refractivity (Wildman–Crippen MR) is 91.4 cm³/mol. The van der Waals surface area contributed by atoms with Gasteiger partial charge in [0.25, 0.3) is 0 Å². The molecule has 0 heterocycles. The Labute approximate surface area is 144 Å². The summed E-state index contributed by atoms with van der Waals surface area (Å²) < 4.78 is 0. The minimum atomic E-state index is -1.38. The molecule has 2 N–H and O–H groups in total. The molecule has 4 nitrogen and oxygen atoms in total. The molecule has 0 bridgehead atoms. The van der Waals surface area contributed by atoms with E-state index in [0.29, 0.717) is 16.8 Å². The van der Waals surface area contributed by atoms with Crippen LogP contribution >= 0.6 is 23.2 Å². The maximum absolute atomic E-state index is 12.1. The lowest BCUT2D eigenvalue weighted by atomic mass is 10.1. The van der Waals surface area contributed by atoms with Crippen molar-refractivity contribution in [2.45, 2.75) is 18.0 Å². The Morgan fingerprint density at radius 3 is 1.91 bits per heavy atom. The van der Waals surface area contributed by atoms with E-state index >= 15 is 0 Å². The number of alkyl halides is 2. The SMILES string of the molecule is Cc1ccc(C(=O)C(O)Nc2ccc(C(=O)C(Cl)Cl)cc2)cc1. The Morgan fingerprint density at radius 2 is 1.39 bits per heavy atom. The number of nitrogens with one attached hydrogen (secondary N) is 1. The molecule has 0 aliphatic heterocycles. The molecule has 2 aromatic carbocycles. The number of halogens is 2. The Kier molecular flexibility index (Phi) is 5.77. The number of aliphatic hydroxyl groups excluding tert-OH is 1. The van der Waals surface area contributed by atoms with E-state index in [4.69, 9.17) is 23.2 Å². The van der Waals surface area contributed by atoms with Crippen molar-refractivity contribution in [3.05, 3.63) is 65.2 Å². The summed E-state index contributed by atoms with van der Waals surface area (Å²) in [5.74, 6) is -0.845. The molecule has 0 amide bonds. The number of benzene rings is 2. The van der Waals surface area contributed by atoms with Crippen LogP contribution in [-0.2, 0) is 0 Å². The van der Waals surface area contributed by atoms with E-state index in [9.17, 15) is 14.7 Å². The summed E-state index contributed by atoms with van der Waals surface area (Å²) in [5.41, 5.74) is 2.29. The molecule has 6 heteroatoms. The van der Waals surface area contributed by atoms with Crippen molar-refractivity contribution in [1.82, 2.24) is 0 Å². The van der Waals surface area contributed by atoms with E-state index in [1.807, 2.05) is 6.92 Å². The summed E-state index contributed by atoms with van der Waals surface area (Å²) in [6.45, 7) is 1.91. The minimum Gasteiger partial charge on any atom is -0.367 e. The van der Waals surface area contributed by atoms with Crippen LogP contribution in [0, 0.1) is 6.92 Å². The fourth-order valence-corrected chi connectivity index (χ4v) is 2.21. The van der Waals surface area contributed by atoms with Gasteiger partial charge in [-0.25, -0.2) is 0 Å². The molecule has 0 spiro atoms. The lowest BCUT2D eigenvalue weighted by Crippen LogP contribution is -2.29. The summed E-state index contributed by atoms with van der Waals surface area (Å²) in [4.78, 5) is 22.6. The summed E-state index contributed by atoms with van der Waals surface area (Å²) >= 11 is 11.0. The Balaban J connectivity index is 2.05. The van der Waals surface area contributed by atoms with Gasteiger partial charge in [-0.2, -0.15) is 0 Å². The Bertz CT molecular complexity index is 697. The number of Topliss-reactive ketones (excluding diaryl/α,β-unsaturated/α-hetero) is 2. The van der Waals surface area contributed by atoms with Gasteiger partial charge in [0.15, 0.2) is 16.8 Å². The highest BCUT2D eigenvalue weighted by atomic mass is 35.5. The zero-order valence-electron chi connectivity index (χ0n) is 12.3. The minimum absolute atomic E-state index is 0.352. The van der Waals surface area contributed by atoms with E-state index in [1.165, 1.54) is 12.1 Å². The maximum atomic E-state index is 12.1. The van der Waals surface area contributed by atoms with Crippen LogP contribution in [-0.4, -0.2) is 27.7 Å². The van der Waals surface area contributed by atoms with Gasteiger partial charge in [0.05, 0.1) is 0 Å². The second-order valence-corrected chi connectivity index (χ2v) is 6.12. The van der Waals surface area contributed by atoms with Gasteiger partial charge >= 0.3 is 0 Å². The molecule has 0 fully saturated rings. The molecule has 0 radical (unpaired) electrons. The van der Waals surface area contributed by atoms with Crippen LogP contribution in [0.25, 0.3) is 0 Å². The number of hydrogen-bond donors (Lipinski definition) is 2. The first-order valence-electron chi connectivity index (χ1n) is 6.86. The summed E-state index contributed by atoms with van der Waals surface area (Å²) in [6.07, 6.45) is -1.38. The number of hydrogen-bond acceptors (Lipinski definition) is 4. The molecule has 0 aliphatic rings. The van der Waals surface area contributed by atoms with Crippen molar-refractivity contribution in [3.8, 4) is 0 Å². The third-order valence-electron chi connectivity index (χ3n) is 3.26. The molecule has 0 saturated carbocycles. The van der Waals surface area contributed by atoms with E-state index < -0.39 is 22.6 Å². The monoisotopic (exact) mass is 351 g/mol. The van der Waals surface area contributed by atoms with Gasteiger partial charge in [-0.05, 0) is 31.2 Å². The fraction of sp³-hybridized carbons (Fsp3) is 0.176. The van der Waals surface area contributed by atoms with Crippen molar-refractivity contribution in [2.24, 2.45) is 0 Å². The number of carbonyl (C=O) groups is 2. The Hall–Kier alpha value is -1.88. The number of ketones is 2. The van der Waals surface area contributed by atoms with Crippen LogP contribution < -0.4 is 5.32 Å². The highest BCUT2D eigenvalue weighted by Crippen LogP contribution is 2.16. The van der Waals surface area contributed by atoms with Gasteiger partial charge in [-0.3, -0.25) is 9.59 Å². The van der Waals surface area contributed by atoms with Gasteiger partial charge < -0.3 is 10.4 Å². The van der Waals surface area contributed by atoms with Crippen LogP contribution in [0.15, 0.2) is 48.5 Å². The molecule has 0 saturated heterocycles. The number of aliphatic hydroxyl groups is 1. The second-order valence-electron chi connectivity index (χ2n) is 5.02. The summed E-state index contributed by atoms with van der Waals surface area (Å²) in [6, 6.07) is 13.1. The highest BCUT2D eigenvalue weighted by molar-refractivity contribution is 6.55. The number of anilines is 1. The van der Waals surface area contributed by atoms with Crippen LogP contribution in [0.3, 0.4) is 0 Å². The first-order chi connectivity index (χ1) is 10.9. The van der Waals surface area contributed by atoms with Crippen LogP contribution in [0.5, 0.6) is 0 Å². The third-order valence-corrected chi connectivity index (χ3v) is 3.65. The first kappa shape index (κ1) is 17.5. The number of rotatable bonds is 6. The van der Waals surface area contributed by atoms with Crippen molar-refractivity contribution < 1.29 is 14.7 Å².